The summed E-state index contributed by atoms with van der Waals surface area (Å²) in [4.78, 5) is 26.8. The van der Waals surface area contributed by atoms with Gasteiger partial charge in [0.25, 0.3) is 5.91 Å². The Morgan fingerprint density at radius 3 is 2.75 bits per heavy atom. The molecular formula is C19H25N3O2. The summed E-state index contributed by atoms with van der Waals surface area (Å²) < 4.78 is 0. The van der Waals surface area contributed by atoms with E-state index >= 15 is 0 Å². The van der Waals surface area contributed by atoms with Crippen LogP contribution in [0.4, 0.5) is 0 Å². The van der Waals surface area contributed by atoms with E-state index < -0.39 is 0 Å². The number of carbonyl (C=O) groups is 2. The average Bonchev–Trinajstić information content (AvgIpc) is 2.82. The number of hydrazone groups is 1. The number of carbonyl (C=O) groups excluding carboxylic acids is 2. The topological polar surface area (TPSA) is 53.0 Å². The maximum absolute atomic E-state index is 12.8. The predicted octanol–water partition coefficient (Wildman–Crippen LogP) is 2.81. The summed E-state index contributed by atoms with van der Waals surface area (Å²) in [6, 6.07) is 9.76. The molecule has 0 N–H and O–H groups in total. The van der Waals surface area contributed by atoms with Gasteiger partial charge in [-0.2, -0.15) is 5.10 Å². The van der Waals surface area contributed by atoms with Crippen molar-refractivity contribution >= 4 is 17.5 Å². The van der Waals surface area contributed by atoms with E-state index in [1.54, 1.807) is 0 Å². The molecule has 2 aliphatic heterocycles. The SMILES string of the molecule is C[C@@H]1CCCN(C(=O)C2=NN(Cc3ccccc3)C(=O)CC2)CC1. The van der Waals surface area contributed by atoms with Gasteiger partial charge in [0, 0.05) is 25.9 Å². The summed E-state index contributed by atoms with van der Waals surface area (Å²) in [5.41, 5.74) is 1.55. The molecule has 1 saturated heterocycles. The Morgan fingerprint density at radius 2 is 1.96 bits per heavy atom. The number of benzene rings is 1. The maximum atomic E-state index is 12.8. The molecule has 0 spiro atoms. The molecule has 0 bridgehead atoms. The summed E-state index contributed by atoms with van der Waals surface area (Å²) >= 11 is 0. The van der Waals surface area contributed by atoms with Crippen molar-refractivity contribution in [1.29, 1.82) is 0 Å². The number of hydrogen-bond acceptors (Lipinski definition) is 3. The van der Waals surface area contributed by atoms with Crippen LogP contribution in [0.15, 0.2) is 35.4 Å². The van der Waals surface area contributed by atoms with Crippen molar-refractivity contribution in [3.8, 4) is 0 Å². The van der Waals surface area contributed by atoms with Gasteiger partial charge in [-0.25, -0.2) is 5.01 Å². The number of likely N-dealkylation sites (tertiary alicyclic amines) is 1. The summed E-state index contributed by atoms with van der Waals surface area (Å²) in [6.45, 7) is 4.26. The fourth-order valence-corrected chi connectivity index (χ4v) is 3.28. The molecule has 2 amide bonds. The van der Waals surface area contributed by atoms with E-state index in [2.05, 4.69) is 12.0 Å². The number of nitrogens with zero attached hydrogens (tertiary/aromatic N) is 3. The van der Waals surface area contributed by atoms with Crippen LogP contribution in [0.5, 0.6) is 0 Å². The first-order valence-electron chi connectivity index (χ1n) is 8.84. The van der Waals surface area contributed by atoms with Crippen molar-refractivity contribution in [3.63, 3.8) is 0 Å². The summed E-state index contributed by atoms with van der Waals surface area (Å²) in [5, 5.41) is 5.84. The van der Waals surface area contributed by atoms with Crippen LogP contribution < -0.4 is 0 Å². The van der Waals surface area contributed by atoms with Crippen molar-refractivity contribution in [2.45, 2.75) is 45.6 Å². The molecule has 24 heavy (non-hydrogen) atoms. The van der Waals surface area contributed by atoms with Crippen LogP contribution in [-0.2, 0) is 16.1 Å². The second kappa shape index (κ2) is 7.60. The lowest BCUT2D eigenvalue weighted by Gasteiger charge is -2.26. The molecule has 5 heteroatoms. The van der Waals surface area contributed by atoms with Crippen LogP contribution in [0.2, 0.25) is 0 Å². The van der Waals surface area contributed by atoms with E-state index in [1.807, 2.05) is 35.2 Å². The van der Waals surface area contributed by atoms with Crippen LogP contribution in [0.3, 0.4) is 0 Å². The summed E-state index contributed by atoms with van der Waals surface area (Å²) in [6.07, 6.45) is 4.09. The molecule has 0 unspecified atom stereocenters. The van der Waals surface area contributed by atoms with Crippen molar-refractivity contribution < 1.29 is 9.59 Å². The second-order valence-corrected chi connectivity index (χ2v) is 6.81. The van der Waals surface area contributed by atoms with Gasteiger partial charge >= 0.3 is 0 Å². The highest BCUT2D eigenvalue weighted by Crippen LogP contribution is 2.19. The van der Waals surface area contributed by atoms with E-state index in [1.165, 1.54) is 11.4 Å². The summed E-state index contributed by atoms with van der Waals surface area (Å²) in [5.74, 6) is 0.668. The molecular weight excluding hydrogens is 302 g/mol. The fourth-order valence-electron chi connectivity index (χ4n) is 3.28. The number of rotatable bonds is 3. The van der Waals surface area contributed by atoms with Crippen LogP contribution in [0.1, 0.15) is 44.6 Å². The molecule has 0 aromatic heterocycles. The lowest BCUT2D eigenvalue weighted by atomic mass is 10.0. The van der Waals surface area contributed by atoms with E-state index in [0.29, 0.717) is 31.0 Å². The molecule has 128 valence electrons. The van der Waals surface area contributed by atoms with Crippen molar-refractivity contribution in [1.82, 2.24) is 9.91 Å². The monoisotopic (exact) mass is 327 g/mol. The number of amides is 2. The molecule has 0 aliphatic carbocycles. The minimum absolute atomic E-state index is 0.00895. The van der Waals surface area contributed by atoms with Gasteiger partial charge in [0.2, 0.25) is 5.91 Å². The van der Waals surface area contributed by atoms with E-state index in [4.69, 9.17) is 0 Å². The molecule has 0 radical (unpaired) electrons. The van der Waals surface area contributed by atoms with Crippen LogP contribution in [-0.4, -0.2) is 40.5 Å². The molecule has 5 nitrogen and oxygen atoms in total. The zero-order valence-electron chi connectivity index (χ0n) is 14.3. The van der Waals surface area contributed by atoms with Gasteiger partial charge in [-0.05, 0) is 30.7 Å². The standard InChI is InChI=1S/C19H25N3O2/c1-15-6-5-12-21(13-11-15)19(24)17-9-10-18(23)22(20-17)14-16-7-3-2-4-8-16/h2-4,7-8,15H,5-6,9-14H2,1H3/t15-/m1/s1. The smallest absolute Gasteiger partial charge is 0.270 e. The Morgan fingerprint density at radius 1 is 1.17 bits per heavy atom. The van der Waals surface area contributed by atoms with Gasteiger partial charge in [-0.1, -0.05) is 37.3 Å². The molecule has 2 aliphatic rings. The van der Waals surface area contributed by atoms with Crippen molar-refractivity contribution in [2.24, 2.45) is 11.0 Å². The highest BCUT2D eigenvalue weighted by molar-refractivity contribution is 6.39. The van der Waals surface area contributed by atoms with Gasteiger partial charge in [-0.15, -0.1) is 0 Å². The molecule has 3 rings (SSSR count). The Bertz CT molecular complexity index is 627. The third-order valence-electron chi connectivity index (χ3n) is 4.83. The quantitative estimate of drug-likeness (QED) is 0.857. The molecule has 0 saturated carbocycles. The van der Waals surface area contributed by atoms with E-state index in [-0.39, 0.29) is 11.8 Å². The molecule has 1 aromatic rings. The largest absolute Gasteiger partial charge is 0.338 e. The van der Waals surface area contributed by atoms with Crippen LogP contribution in [0, 0.1) is 5.92 Å². The zero-order valence-corrected chi connectivity index (χ0v) is 14.3. The lowest BCUT2D eigenvalue weighted by Crippen LogP contribution is -2.41. The van der Waals surface area contributed by atoms with Gasteiger partial charge in [0.05, 0.1) is 6.54 Å². The lowest BCUT2D eigenvalue weighted by molar-refractivity contribution is -0.132. The maximum Gasteiger partial charge on any atom is 0.270 e. The van der Waals surface area contributed by atoms with Gasteiger partial charge in [-0.3, -0.25) is 9.59 Å². The predicted molar refractivity (Wildman–Crippen MR) is 93.3 cm³/mol. The average molecular weight is 327 g/mol. The Kier molecular flexibility index (Phi) is 5.28. The van der Waals surface area contributed by atoms with Crippen LogP contribution in [0.25, 0.3) is 0 Å². The van der Waals surface area contributed by atoms with E-state index in [0.717, 1.165) is 31.5 Å². The minimum atomic E-state index is -0.0140. The first-order chi connectivity index (χ1) is 11.6. The van der Waals surface area contributed by atoms with Gasteiger partial charge in [0.1, 0.15) is 5.71 Å². The molecule has 2 heterocycles. The van der Waals surface area contributed by atoms with Gasteiger partial charge < -0.3 is 4.90 Å². The minimum Gasteiger partial charge on any atom is -0.338 e. The molecule has 1 fully saturated rings. The molecule has 1 aromatic carbocycles. The van der Waals surface area contributed by atoms with Crippen LogP contribution >= 0.6 is 0 Å². The normalized spacial score (nSPS) is 22.1. The fraction of sp³-hybridized carbons (Fsp3) is 0.526. The zero-order chi connectivity index (χ0) is 16.9. The first kappa shape index (κ1) is 16.7. The second-order valence-electron chi connectivity index (χ2n) is 6.81. The number of hydrogen-bond donors (Lipinski definition) is 0. The van der Waals surface area contributed by atoms with Crippen molar-refractivity contribution in [3.05, 3.63) is 35.9 Å². The summed E-state index contributed by atoms with van der Waals surface area (Å²) in [7, 11) is 0. The highest BCUT2D eigenvalue weighted by Gasteiger charge is 2.28. The van der Waals surface area contributed by atoms with E-state index in [9.17, 15) is 9.59 Å². The third kappa shape index (κ3) is 4.02. The highest BCUT2D eigenvalue weighted by atomic mass is 16.2. The van der Waals surface area contributed by atoms with Crippen molar-refractivity contribution in [2.75, 3.05) is 13.1 Å². The van der Waals surface area contributed by atoms with Gasteiger partial charge in [0.15, 0.2) is 0 Å². The first-order valence-corrected chi connectivity index (χ1v) is 8.84. The Hall–Kier alpha value is -2.17. The molecule has 1 atom stereocenters. The Balaban J connectivity index is 1.71. The third-order valence-corrected chi connectivity index (χ3v) is 4.83. The Labute approximate surface area is 143 Å².